The summed E-state index contributed by atoms with van der Waals surface area (Å²) in [5.41, 5.74) is 2.34. The second-order valence-electron chi connectivity index (χ2n) is 5.55. The van der Waals surface area contributed by atoms with Crippen molar-refractivity contribution >= 4 is 0 Å². The van der Waals surface area contributed by atoms with Gasteiger partial charge in [-0.25, -0.2) is 0 Å². The highest BCUT2D eigenvalue weighted by atomic mass is 14.5. The molecule has 0 radical (unpaired) electrons. The van der Waals surface area contributed by atoms with Crippen molar-refractivity contribution in [2.75, 3.05) is 0 Å². The summed E-state index contributed by atoms with van der Waals surface area (Å²) < 4.78 is 0. The average Bonchev–Trinajstić information content (AvgIpc) is 2.62. The highest BCUT2D eigenvalue weighted by molar-refractivity contribution is 5.14. The van der Waals surface area contributed by atoms with Crippen LogP contribution in [0.5, 0.6) is 0 Å². The van der Waals surface area contributed by atoms with Crippen LogP contribution >= 0.6 is 0 Å². The number of hydrogen-bond acceptors (Lipinski definition) is 0. The van der Waals surface area contributed by atoms with Crippen molar-refractivity contribution < 1.29 is 0 Å². The van der Waals surface area contributed by atoms with Crippen LogP contribution in [0.15, 0.2) is 11.6 Å². The van der Waals surface area contributed by atoms with Crippen LogP contribution < -0.4 is 0 Å². The zero-order valence-electron chi connectivity index (χ0n) is 9.97. The first-order valence-corrected chi connectivity index (χ1v) is 6.36. The Morgan fingerprint density at radius 1 is 1.36 bits per heavy atom. The standard InChI is InChI=1S/C14H24/c1-4-13-10-11(2)9-12(3)14(13)7-5-6-8-14/h9,12-13H,4-8,10H2,1-3H3. The number of allylic oxidation sites excluding steroid dienone is 2. The molecule has 80 valence electrons. The predicted octanol–water partition coefficient (Wildman–Crippen LogP) is 4.56. The molecule has 0 N–H and O–H groups in total. The minimum atomic E-state index is 0.703. The molecule has 0 nitrogen and oxygen atoms in total. The minimum absolute atomic E-state index is 0.703. The monoisotopic (exact) mass is 192 g/mol. The van der Waals surface area contributed by atoms with E-state index in [1.54, 1.807) is 5.57 Å². The van der Waals surface area contributed by atoms with Crippen LogP contribution in [0.25, 0.3) is 0 Å². The summed E-state index contributed by atoms with van der Waals surface area (Å²) in [6.45, 7) is 7.16. The van der Waals surface area contributed by atoms with Gasteiger partial charge in [-0.15, -0.1) is 0 Å². The van der Waals surface area contributed by atoms with Gasteiger partial charge in [0, 0.05) is 0 Å². The van der Waals surface area contributed by atoms with Gasteiger partial charge in [0.15, 0.2) is 0 Å². The lowest BCUT2D eigenvalue weighted by atomic mass is 9.60. The van der Waals surface area contributed by atoms with E-state index in [2.05, 4.69) is 26.8 Å². The van der Waals surface area contributed by atoms with Gasteiger partial charge in [-0.05, 0) is 43.4 Å². The molecule has 2 aliphatic rings. The molecule has 0 aromatic carbocycles. The van der Waals surface area contributed by atoms with E-state index in [0.29, 0.717) is 5.41 Å². The number of rotatable bonds is 1. The van der Waals surface area contributed by atoms with E-state index in [4.69, 9.17) is 0 Å². The van der Waals surface area contributed by atoms with E-state index in [9.17, 15) is 0 Å². The Kier molecular flexibility index (Phi) is 2.72. The Labute approximate surface area is 88.8 Å². The third-order valence-electron chi connectivity index (χ3n) is 4.85. The van der Waals surface area contributed by atoms with Crippen molar-refractivity contribution in [1.82, 2.24) is 0 Å². The summed E-state index contributed by atoms with van der Waals surface area (Å²) in [7, 11) is 0. The molecule has 0 aromatic rings. The van der Waals surface area contributed by atoms with E-state index >= 15 is 0 Å². The third-order valence-corrected chi connectivity index (χ3v) is 4.85. The first kappa shape index (κ1) is 10.3. The fraction of sp³-hybridized carbons (Fsp3) is 0.857. The lowest BCUT2D eigenvalue weighted by molar-refractivity contribution is 0.0958. The molecule has 0 heterocycles. The summed E-state index contributed by atoms with van der Waals surface area (Å²) in [5, 5.41) is 0. The number of hydrogen-bond donors (Lipinski definition) is 0. The molecule has 0 bridgehead atoms. The van der Waals surface area contributed by atoms with Crippen molar-refractivity contribution in [3.8, 4) is 0 Å². The van der Waals surface area contributed by atoms with E-state index in [0.717, 1.165) is 11.8 Å². The van der Waals surface area contributed by atoms with Crippen LogP contribution in [0.4, 0.5) is 0 Å². The van der Waals surface area contributed by atoms with E-state index in [-0.39, 0.29) is 0 Å². The highest BCUT2D eigenvalue weighted by Gasteiger charge is 2.45. The largest absolute Gasteiger partial charge is 0.0822 e. The zero-order chi connectivity index (χ0) is 10.2. The van der Waals surface area contributed by atoms with Crippen molar-refractivity contribution in [1.29, 1.82) is 0 Å². The molecule has 1 saturated carbocycles. The SMILES string of the molecule is CCC1CC(C)=CC(C)C12CCCC2. The molecule has 1 spiro atoms. The Bertz CT molecular complexity index is 230. The topological polar surface area (TPSA) is 0 Å². The van der Waals surface area contributed by atoms with Crippen molar-refractivity contribution in [2.45, 2.75) is 59.3 Å². The van der Waals surface area contributed by atoms with E-state index < -0.39 is 0 Å². The van der Waals surface area contributed by atoms with Crippen LogP contribution in [0.2, 0.25) is 0 Å². The third kappa shape index (κ3) is 1.43. The molecule has 2 atom stereocenters. The normalized spacial score (nSPS) is 36.1. The van der Waals surface area contributed by atoms with Crippen LogP contribution in [-0.2, 0) is 0 Å². The molecule has 2 unspecified atom stereocenters. The van der Waals surface area contributed by atoms with Crippen LogP contribution in [0.1, 0.15) is 59.3 Å². The van der Waals surface area contributed by atoms with Gasteiger partial charge in [-0.2, -0.15) is 0 Å². The lowest BCUT2D eigenvalue weighted by Gasteiger charge is -2.45. The minimum Gasteiger partial charge on any atom is -0.0822 e. The zero-order valence-corrected chi connectivity index (χ0v) is 9.97. The van der Waals surface area contributed by atoms with Gasteiger partial charge in [0.05, 0.1) is 0 Å². The molecule has 14 heavy (non-hydrogen) atoms. The van der Waals surface area contributed by atoms with Gasteiger partial charge in [-0.3, -0.25) is 0 Å². The van der Waals surface area contributed by atoms with Gasteiger partial charge >= 0.3 is 0 Å². The van der Waals surface area contributed by atoms with Crippen molar-refractivity contribution in [3.05, 3.63) is 11.6 Å². The van der Waals surface area contributed by atoms with Crippen molar-refractivity contribution in [2.24, 2.45) is 17.3 Å². The second kappa shape index (κ2) is 3.72. The van der Waals surface area contributed by atoms with E-state index in [1.165, 1.54) is 38.5 Å². The van der Waals surface area contributed by atoms with Gasteiger partial charge in [0.2, 0.25) is 0 Å². The first-order chi connectivity index (χ1) is 6.69. The summed E-state index contributed by atoms with van der Waals surface area (Å²) in [6.07, 6.45) is 11.3. The van der Waals surface area contributed by atoms with Gasteiger partial charge in [0.1, 0.15) is 0 Å². The molecule has 2 aliphatic carbocycles. The Hall–Kier alpha value is -0.260. The molecular formula is C14H24. The Morgan fingerprint density at radius 3 is 2.57 bits per heavy atom. The Balaban J connectivity index is 2.27. The van der Waals surface area contributed by atoms with Gasteiger partial charge < -0.3 is 0 Å². The predicted molar refractivity (Wildman–Crippen MR) is 62.2 cm³/mol. The average molecular weight is 192 g/mol. The van der Waals surface area contributed by atoms with E-state index in [1.807, 2.05) is 0 Å². The maximum absolute atomic E-state index is 2.55. The molecule has 0 heteroatoms. The highest BCUT2D eigenvalue weighted by Crippen LogP contribution is 2.55. The second-order valence-corrected chi connectivity index (χ2v) is 5.55. The molecule has 0 aliphatic heterocycles. The smallest absolute Gasteiger partial charge is 0.0200 e. The fourth-order valence-corrected chi connectivity index (χ4v) is 4.07. The molecule has 1 fully saturated rings. The summed E-state index contributed by atoms with van der Waals surface area (Å²) in [5.74, 6) is 1.81. The first-order valence-electron chi connectivity index (χ1n) is 6.36. The van der Waals surface area contributed by atoms with Crippen molar-refractivity contribution in [3.63, 3.8) is 0 Å². The maximum atomic E-state index is 2.55. The van der Waals surface area contributed by atoms with Crippen LogP contribution in [-0.4, -0.2) is 0 Å². The summed E-state index contributed by atoms with van der Waals surface area (Å²) >= 11 is 0. The maximum Gasteiger partial charge on any atom is -0.0200 e. The molecule has 0 aromatic heterocycles. The fourth-order valence-electron chi connectivity index (χ4n) is 4.07. The van der Waals surface area contributed by atoms with Crippen LogP contribution in [0, 0.1) is 17.3 Å². The van der Waals surface area contributed by atoms with Gasteiger partial charge in [0.25, 0.3) is 0 Å². The Morgan fingerprint density at radius 2 is 2.00 bits per heavy atom. The van der Waals surface area contributed by atoms with Gasteiger partial charge in [-0.1, -0.05) is 44.8 Å². The molecule has 0 amide bonds. The molecular weight excluding hydrogens is 168 g/mol. The molecule has 2 rings (SSSR count). The summed E-state index contributed by atoms with van der Waals surface area (Å²) in [6, 6.07) is 0. The summed E-state index contributed by atoms with van der Waals surface area (Å²) in [4.78, 5) is 0. The lowest BCUT2D eigenvalue weighted by Crippen LogP contribution is -2.36. The van der Waals surface area contributed by atoms with Crippen LogP contribution in [0.3, 0.4) is 0 Å². The molecule has 0 saturated heterocycles. The quantitative estimate of drug-likeness (QED) is 0.534.